The van der Waals surface area contributed by atoms with E-state index in [4.69, 9.17) is 9.47 Å². The minimum Gasteiger partial charge on any atom is -0.380 e. The van der Waals surface area contributed by atoms with Crippen molar-refractivity contribution in [1.82, 2.24) is 5.32 Å². The lowest BCUT2D eigenvalue weighted by atomic mass is 10.1. The van der Waals surface area contributed by atoms with Crippen molar-refractivity contribution in [2.45, 2.75) is 47.1 Å². The molecule has 4 heteroatoms. The first-order chi connectivity index (χ1) is 7.54. The number of rotatable bonds is 7. The highest BCUT2D eigenvalue weighted by molar-refractivity contribution is 5.84. The van der Waals surface area contributed by atoms with E-state index in [1.807, 2.05) is 27.7 Å². The lowest BCUT2D eigenvalue weighted by molar-refractivity contribution is -0.142. The lowest BCUT2D eigenvalue weighted by Crippen LogP contribution is -2.45. The summed E-state index contributed by atoms with van der Waals surface area (Å²) in [5.74, 6) is -0.0981. The van der Waals surface area contributed by atoms with E-state index in [-0.39, 0.29) is 5.91 Å². The maximum Gasteiger partial charge on any atom is 0.251 e. The summed E-state index contributed by atoms with van der Waals surface area (Å²) >= 11 is 0. The third kappa shape index (κ3) is 8.68. The standard InChI is InChI=1S/C10H21NO3.C2H6/c1-5-13-8-7-11-9(12)10(3,4)14-6-2;1-2/h5-8H2,1-4H3,(H,11,12);1-2H3. The van der Waals surface area contributed by atoms with Crippen LogP contribution in [-0.4, -0.2) is 37.9 Å². The second-order valence-electron chi connectivity index (χ2n) is 3.40. The summed E-state index contributed by atoms with van der Waals surface area (Å²) in [6.07, 6.45) is 0. The fraction of sp³-hybridized carbons (Fsp3) is 0.917. The number of carbonyl (C=O) groups is 1. The van der Waals surface area contributed by atoms with Crippen LogP contribution in [0.1, 0.15) is 41.5 Å². The van der Waals surface area contributed by atoms with Gasteiger partial charge in [0.2, 0.25) is 0 Å². The summed E-state index contributed by atoms with van der Waals surface area (Å²) in [5.41, 5.74) is -0.749. The summed E-state index contributed by atoms with van der Waals surface area (Å²) in [6.45, 7) is 13.6. The highest BCUT2D eigenvalue weighted by atomic mass is 16.5. The zero-order valence-corrected chi connectivity index (χ0v) is 11.6. The number of carbonyl (C=O) groups excluding carboxylic acids is 1. The molecule has 0 aliphatic rings. The monoisotopic (exact) mass is 233 g/mol. The molecule has 0 aliphatic heterocycles. The molecule has 0 aliphatic carbocycles. The van der Waals surface area contributed by atoms with Crippen molar-refractivity contribution in [1.29, 1.82) is 0 Å². The Morgan fingerprint density at radius 2 is 1.75 bits per heavy atom. The molecule has 0 atom stereocenters. The quantitative estimate of drug-likeness (QED) is 0.684. The number of nitrogens with one attached hydrogen (secondary N) is 1. The highest BCUT2D eigenvalue weighted by Gasteiger charge is 2.27. The molecule has 0 rings (SSSR count). The van der Waals surface area contributed by atoms with Gasteiger partial charge in [-0.25, -0.2) is 0 Å². The van der Waals surface area contributed by atoms with Crippen LogP contribution in [0.2, 0.25) is 0 Å². The van der Waals surface area contributed by atoms with Gasteiger partial charge in [-0.05, 0) is 27.7 Å². The smallest absolute Gasteiger partial charge is 0.251 e. The Hall–Kier alpha value is -0.610. The predicted molar refractivity (Wildman–Crippen MR) is 66.6 cm³/mol. The molecule has 1 N–H and O–H groups in total. The molecule has 0 saturated heterocycles. The molecule has 0 heterocycles. The minimum atomic E-state index is -0.749. The van der Waals surface area contributed by atoms with E-state index in [1.165, 1.54) is 0 Å². The third-order valence-electron chi connectivity index (χ3n) is 1.79. The van der Waals surface area contributed by atoms with Gasteiger partial charge in [-0.15, -0.1) is 0 Å². The maximum absolute atomic E-state index is 11.5. The van der Waals surface area contributed by atoms with Crippen LogP contribution in [-0.2, 0) is 14.3 Å². The summed E-state index contributed by atoms with van der Waals surface area (Å²) < 4.78 is 10.4. The van der Waals surface area contributed by atoms with Crippen molar-refractivity contribution in [3.05, 3.63) is 0 Å². The Labute approximate surface area is 99.7 Å². The Kier molecular flexibility index (Phi) is 12.1. The number of ether oxygens (including phenoxy) is 2. The first-order valence-corrected chi connectivity index (χ1v) is 6.04. The van der Waals surface area contributed by atoms with Crippen LogP contribution in [0.5, 0.6) is 0 Å². The third-order valence-corrected chi connectivity index (χ3v) is 1.79. The molecular weight excluding hydrogens is 206 g/mol. The molecular formula is C12H27NO3. The van der Waals surface area contributed by atoms with Crippen molar-refractivity contribution < 1.29 is 14.3 Å². The van der Waals surface area contributed by atoms with E-state index in [0.717, 1.165) is 0 Å². The van der Waals surface area contributed by atoms with Crippen LogP contribution in [0.3, 0.4) is 0 Å². The SMILES string of the molecule is CC.CCOCCNC(=O)C(C)(C)OCC. The van der Waals surface area contributed by atoms with E-state index in [1.54, 1.807) is 13.8 Å². The van der Waals surface area contributed by atoms with Crippen molar-refractivity contribution in [3.63, 3.8) is 0 Å². The van der Waals surface area contributed by atoms with Crippen LogP contribution in [0.15, 0.2) is 0 Å². The van der Waals surface area contributed by atoms with Gasteiger partial charge in [-0.1, -0.05) is 13.8 Å². The van der Waals surface area contributed by atoms with Gasteiger partial charge in [0.25, 0.3) is 5.91 Å². The molecule has 1 amide bonds. The Morgan fingerprint density at radius 3 is 2.19 bits per heavy atom. The van der Waals surface area contributed by atoms with E-state index in [9.17, 15) is 4.79 Å². The summed E-state index contributed by atoms with van der Waals surface area (Å²) in [4.78, 5) is 11.5. The molecule has 16 heavy (non-hydrogen) atoms. The van der Waals surface area contributed by atoms with E-state index < -0.39 is 5.60 Å². The van der Waals surface area contributed by atoms with Gasteiger partial charge < -0.3 is 14.8 Å². The van der Waals surface area contributed by atoms with Gasteiger partial charge >= 0.3 is 0 Å². The lowest BCUT2D eigenvalue weighted by Gasteiger charge is -2.23. The highest BCUT2D eigenvalue weighted by Crippen LogP contribution is 2.08. The Balaban J connectivity index is 0. The van der Waals surface area contributed by atoms with Gasteiger partial charge in [-0.2, -0.15) is 0 Å². The summed E-state index contributed by atoms with van der Waals surface area (Å²) in [5, 5.41) is 2.75. The van der Waals surface area contributed by atoms with Crippen LogP contribution < -0.4 is 5.32 Å². The molecule has 0 unspecified atom stereocenters. The molecule has 0 aromatic carbocycles. The fourth-order valence-corrected chi connectivity index (χ4v) is 1.02. The minimum absolute atomic E-state index is 0.0981. The summed E-state index contributed by atoms with van der Waals surface area (Å²) in [6, 6.07) is 0. The molecule has 98 valence electrons. The normalized spacial score (nSPS) is 10.4. The number of hydrogen-bond acceptors (Lipinski definition) is 3. The van der Waals surface area contributed by atoms with E-state index in [2.05, 4.69) is 5.32 Å². The second-order valence-corrected chi connectivity index (χ2v) is 3.40. The first-order valence-electron chi connectivity index (χ1n) is 6.04. The van der Waals surface area contributed by atoms with Crippen LogP contribution >= 0.6 is 0 Å². The molecule has 0 saturated carbocycles. The first kappa shape index (κ1) is 17.8. The maximum atomic E-state index is 11.5. The largest absolute Gasteiger partial charge is 0.380 e. The van der Waals surface area contributed by atoms with Gasteiger partial charge in [-0.3, -0.25) is 4.79 Å². The average Bonchev–Trinajstić information content (AvgIpc) is 2.27. The Bertz CT molecular complexity index is 170. The fourth-order valence-electron chi connectivity index (χ4n) is 1.02. The van der Waals surface area contributed by atoms with E-state index in [0.29, 0.717) is 26.4 Å². The number of amides is 1. The van der Waals surface area contributed by atoms with Crippen LogP contribution in [0.4, 0.5) is 0 Å². The van der Waals surface area contributed by atoms with Crippen LogP contribution in [0, 0.1) is 0 Å². The molecule has 0 bridgehead atoms. The Morgan fingerprint density at radius 1 is 1.19 bits per heavy atom. The molecule has 0 radical (unpaired) electrons. The van der Waals surface area contributed by atoms with Crippen molar-refractivity contribution in [2.24, 2.45) is 0 Å². The van der Waals surface area contributed by atoms with Gasteiger partial charge in [0.05, 0.1) is 6.61 Å². The zero-order valence-electron chi connectivity index (χ0n) is 11.6. The molecule has 4 nitrogen and oxygen atoms in total. The van der Waals surface area contributed by atoms with Crippen LogP contribution in [0.25, 0.3) is 0 Å². The van der Waals surface area contributed by atoms with Gasteiger partial charge in [0, 0.05) is 19.8 Å². The zero-order chi connectivity index (χ0) is 13.0. The van der Waals surface area contributed by atoms with Gasteiger partial charge in [0.15, 0.2) is 0 Å². The van der Waals surface area contributed by atoms with Crippen molar-refractivity contribution >= 4 is 5.91 Å². The summed E-state index contributed by atoms with van der Waals surface area (Å²) in [7, 11) is 0. The van der Waals surface area contributed by atoms with Crippen molar-refractivity contribution in [2.75, 3.05) is 26.4 Å². The van der Waals surface area contributed by atoms with Crippen molar-refractivity contribution in [3.8, 4) is 0 Å². The molecule has 0 aromatic heterocycles. The average molecular weight is 233 g/mol. The molecule has 0 aromatic rings. The number of hydrogen-bond donors (Lipinski definition) is 1. The topological polar surface area (TPSA) is 47.6 Å². The van der Waals surface area contributed by atoms with Gasteiger partial charge in [0.1, 0.15) is 5.60 Å². The second kappa shape index (κ2) is 10.9. The predicted octanol–water partition coefficient (Wildman–Crippen LogP) is 1.98. The molecule has 0 fully saturated rings. The van der Waals surface area contributed by atoms with E-state index >= 15 is 0 Å². The molecule has 0 spiro atoms.